The van der Waals surface area contributed by atoms with Crippen LogP contribution in [0.15, 0.2) is 40.9 Å². The standard InChI is InChI=1S/C21H21BrN2O6/c1-3-8-29-20-14(22)9-13(10-17(20)28-2)21(27)30-12-19(26)24-11-18(25)23-15-6-4-5-7-16(15)24/h4-7,9-10H,3,8,11-12H2,1-2H3,(H,23,25). The van der Waals surface area contributed by atoms with E-state index in [0.717, 1.165) is 6.42 Å². The van der Waals surface area contributed by atoms with E-state index in [2.05, 4.69) is 21.2 Å². The Morgan fingerprint density at radius 1 is 1.23 bits per heavy atom. The highest BCUT2D eigenvalue weighted by Crippen LogP contribution is 2.37. The fourth-order valence-corrected chi connectivity index (χ4v) is 3.48. The average Bonchev–Trinajstić information content (AvgIpc) is 2.75. The van der Waals surface area contributed by atoms with Crippen molar-refractivity contribution in [3.8, 4) is 11.5 Å². The normalized spacial score (nSPS) is 12.6. The third-order valence-corrected chi connectivity index (χ3v) is 4.90. The lowest BCUT2D eigenvalue weighted by Crippen LogP contribution is -2.44. The van der Waals surface area contributed by atoms with Gasteiger partial charge in [0.25, 0.3) is 5.91 Å². The van der Waals surface area contributed by atoms with E-state index in [0.29, 0.717) is 34.0 Å². The second kappa shape index (κ2) is 9.62. The Kier molecular flexibility index (Phi) is 6.94. The molecule has 0 saturated heterocycles. The molecule has 2 aromatic carbocycles. The topological polar surface area (TPSA) is 94.2 Å². The maximum absolute atomic E-state index is 12.6. The molecule has 8 nitrogen and oxygen atoms in total. The minimum atomic E-state index is -0.695. The Labute approximate surface area is 182 Å². The number of para-hydroxylation sites is 2. The highest BCUT2D eigenvalue weighted by molar-refractivity contribution is 9.10. The highest BCUT2D eigenvalue weighted by atomic mass is 79.9. The Balaban J connectivity index is 1.71. The second-order valence-electron chi connectivity index (χ2n) is 6.46. The van der Waals surface area contributed by atoms with Crippen molar-refractivity contribution in [3.05, 3.63) is 46.4 Å². The first-order chi connectivity index (χ1) is 14.4. The molecule has 0 saturated carbocycles. The Hall–Kier alpha value is -3.07. The minimum absolute atomic E-state index is 0.143. The number of rotatable bonds is 7. The summed E-state index contributed by atoms with van der Waals surface area (Å²) in [5, 5.41) is 2.70. The van der Waals surface area contributed by atoms with Crippen LogP contribution in [-0.2, 0) is 14.3 Å². The van der Waals surface area contributed by atoms with E-state index >= 15 is 0 Å². The number of ether oxygens (including phenoxy) is 3. The number of fused-ring (bicyclic) bond motifs is 1. The molecule has 158 valence electrons. The molecular formula is C21H21BrN2O6. The summed E-state index contributed by atoms with van der Waals surface area (Å²) in [5.41, 5.74) is 1.29. The number of carbonyl (C=O) groups excluding carboxylic acids is 3. The molecule has 0 bridgehead atoms. The van der Waals surface area contributed by atoms with Gasteiger partial charge in [0.05, 0.1) is 35.1 Å². The molecule has 3 rings (SSSR count). The lowest BCUT2D eigenvalue weighted by Gasteiger charge is -2.28. The number of esters is 1. The van der Waals surface area contributed by atoms with Crippen molar-refractivity contribution in [1.29, 1.82) is 0 Å². The molecule has 0 radical (unpaired) electrons. The average molecular weight is 477 g/mol. The molecule has 2 amide bonds. The number of carbonyl (C=O) groups is 3. The first-order valence-corrected chi connectivity index (χ1v) is 10.1. The van der Waals surface area contributed by atoms with Gasteiger partial charge in [-0.3, -0.25) is 14.5 Å². The molecule has 0 atom stereocenters. The summed E-state index contributed by atoms with van der Waals surface area (Å²) in [6.07, 6.45) is 0.819. The van der Waals surface area contributed by atoms with Gasteiger partial charge in [-0.15, -0.1) is 0 Å². The number of benzene rings is 2. The van der Waals surface area contributed by atoms with Crippen LogP contribution in [0.5, 0.6) is 11.5 Å². The van der Waals surface area contributed by atoms with Crippen molar-refractivity contribution in [2.75, 3.05) is 37.1 Å². The summed E-state index contributed by atoms with van der Waals surface area (Å²) >= 11 is 3.37. The van der Waals surface area contributed by atoms with Crippen LogP contribution < -0.4 is 19.7 Å². The number of methoxy groups -OCH3 is 1. The lowest BCUT2D eigenvalue weighted by molar-refractivity contribution is -0.124. The molecule has 1 heterocycles. The summed E-state index contributed by atoms with van der Waals surface area (Å²) in [7, 11) is 1.47. The van der Waals surface area contributed by atoms with Gasteiger partial charge in [-0.1, -0.05) is 19.1 Å². The molecule has 1 N–H and O–H groups in total. The van der Waals surface area contributed by atoms with Gasteiger partial charge in [-0.25, -0.2) is 4.79 Å². The number of hydrogen-bond donors (Lipinski definition) is 1. The molecule has 0 aliphatic carbocycles. The first kappa shape index (κ1) is 21.6. The molecule has 1 aliphatic rings. The van der Waals surface area contributed by atoms with Crippen molar-refractivity contribution in [2.24, 2.45) is 0 Å². The zero-order valence-corrected chi connectivity index (χ0v) is 18.2. The van der Waals surface area contributed by atoms with E-state index in [1.807, 2.05) is 6.92 Å². The van der Waals surface area contributed by atoms with E-state index in [4.69, 9.17) is 14.2 Å². The SMILES string of the molecule is CCCOc1c(Br)cc(C(=O)OCC(=O)N2CC(=O)Nc3ccccc32)cc1OC. The van der Waals surface area contributed by atoms with Crippen molar-refractivity contribution in [2.45, 2.75) is 13.3 Å². The van der Waals surface area contributed by atoms with Gasteiger partial charge in [0.15, 0.2) is 18.1 Å². The third-order valence-electron chi connectivity index (χ3n) is 4.31. The van der Waals surface area contributed by atoms with E-state index < -0.39 is 18.5 Å². The van der Waals surface area contributed by atoms with Crippen LogP contribution in [0.1, 0.15) is 23.7 Å². The van der Waals surface area contributed by atoms with Crippen molar-refractivity contribution >= 4 is 45.1 Å². The van der Waals surface area contributed by atoms with E-state index in [-0.39, 0.29) is 18.0 Å². The molecule has 2 aromatic rings. The van der Waals surface area contributed by atoms with Crippen molar-refractivity contribution < 1.29 is 28.6 Å². The van der Waals surface area contributed by atoms with Gasteiger partial charge in [0, 0.05) is 0 Å². The smallest absolute Gasteiger partial charge is 0.338 e. The van der Waals surface area contributed by atoms with Crippen molar-refractivity contribution in [3.63, 3.8) is 0 Å². The summed E-state index contributed by atoms with van der Waals surface area (Å²) in [6, 6.07) is 9.97. The maximum Gasteiger partial charge on any atom is 0.338 e. The summed E-state index contributed by atoms with van der Waals surface area (Å²) in [4.78, 5) is 38.3. The number of hydrogen-bond acceptors (Lipinski definition) is 6. The van der Waals surface area contributed by atoms with E-state index in [1.54, 1.807) is 30.3 Å². The van der Waals surface area contributed by atoms with Gasteiger partial charge in [-0.05, 0) is 46.6 Å². The number of nitrogens with zero attached hydrogens (tertiary/aromatic N) is 1. The molecule has 0 unspecified atom stereocenters. The minimum Gasteiger partial charge on any atom is -0.493 e. The Bertz CT molecular complexity index is 978. The van der Waals surface area contributed by atoms with E-state index in [1.165, 1.54) is 18.1 Å². The predicted molar refractivity (Wildman–Crippen MR) is 114 cm³/mol. The first-order valence-electron chi connectivity index (χ1n) is 9.31. The zero-order chi connectivity index (χ0) is 21.7. The number of amides is 2. The van der Waals surface area contributed by atoms with E-state index in [9.17, 15) is 14.4 Å². The molecule has 0 fully saturated rings. The van der Waals surface area contributed by atoms with Gasteiger partial charge >= 0.3 is 5.97 Å². The molecular weight excluding hydrogens is 456 g/mol. The molecule has 1 aliphatic heterocycles. The van der Waals surface area contributed by atoms with Crippen LogP contribution in [0, 0.1) is 0 Å². The fourth-order valence-electron chi connectivity index (χ4n) is 2.93. The van der Waals surface area contributed by atoms with Gasteiger partial charge in [-0.2, -0.15) is 0 Å². The Morgan fingerprint density at radius 3 is 2.73 bits per heavy atom. The molecule has 9 heteroatoms. The summed E-state index contributed by atoms with van der Waals surface area (Å²) in [5.74, 6) is -0.649. The van der Waals surface area contributed by atoms with Crippen LogP contribution in [0.25, 0.3) is 0 Å². The van der Waals surface area contributed by atoms with Gasteiger partial charge in [0.1, 0.15) is 6.54 Å². The number of anilines is 2. The van der Waals surface area contributed by atoms with Crippen LogP contribution in [-0.4, -0.2) is 44.7 Å². The van der Waals surface area contributed by atoms with Crippen LogP contribution in [0.4, 0.5) is 11.4 Å². The number of nitrogens with one attached hydrogen (secondary N) is 1. The highest BCUT2D eigenvalue weighted by Gasteiger charge is 2.27. The Morgan fingerprint density at radius 2 is 2.00 bits per heavy atom. The summed E-state index contributed by atoms with van der Waals surface area (Å²) in [6.45, 7) is 1.83. The predicted octanol–water partition coefficient (Wildman–Crippen LogP) is 3.39. The maximum atomic E-state index is 12.6. The van der Waals surface area contributed by atoms with Gasteiger partial charge < -0.3 is 19.5 Å². The molecule has 0 aromatic heterocycles. The van der Waals surface area contributed by atoms with Crippen LogP contribution >= 0.6 is 15.9 Å². The van der Waals surface area contributed by atoms with Crippen LogP contribution in [0.3, 0.4) is 0 Å². The van der Waals surface area contributed by atoms with Crippen LogP contribution in [0.2, 0.25) is 0 Å². The zero-order valence-electron chi connectivity index (χ0n) is 16.6. The lowest BCUT2D eigenvalue weighted by atomic mass is 10.2. The van der Waals surface area contributed by atoms with Crippen molar-refractivity contribution in [1.82, 2.24) is 0 Å². The molecule has 30 heavy (non-hydrogen) atoms. The monoisotopic (exact) mass is 476 g/mol. The number of halogens is 1. The molecule has 0 spiro atoms. The third kappa shape index (κ3) is 4.73. The van der Waals surface area contributed by atoms with Gasteiger partial charge in [0.2, 0.25) is 5.91 Å². The second-order valence-corrected chi connectivity index (χ2v) is 7.31. The quantitative estimate of drug-likeness (QED) is 0.615. The largest absolute Gasteiger partial charge is 0.493 e. The fraction of sp³-hybridized carbons (Fsp3) is 0.286. The summed E-state index contributed by atoms with van der Waals surface area (Å²) < 4.78 is 16.7.